The van der Waals surface area contributed by atoms with Gasteiger partial charge in [0.05, 0.1) is 10.7 Å². The van der Waals surface area contributed by atoms with Crippen molar-refractivity contribution in [1.29, 1.82) is 0 Å². The molecule has 8 heteroatoms. The van der Waals surface area contributed by atoms with Crippen LogP contribution in [0.3, 0.4) is 0 Å². The standard InChI is InChI=1S/C8H8ClNO5S/c1-2-16(13,14)15-8-4-3-6(9)5-7(8)10(11)12/h3-5H,2H2,1H3. The molecule has 0 aliphatic heterocycles. The molecule has 0 saturated carbocycles. The quantitative estimate of drug-likeness (QED) is 0.472. The highest BCUT2D eigenvalue weighted by Gasteiger charge is 2.20. The van der Waals surface area contributed by atoms with E-state index in [1.807, 2.05) is 0 Å². The monoisotopic (exact) mass is 265 g/mol. The SMILES string of the molecule is CCS(=O)(=O)Oc1ccc(Cl)cc1[N+](=O)[O-]. The van der Waals surface area contributed by atoms with Crippen molar-refractivity contribution in [3.8, 4) is 5.75 Å². The van der Waals surface area contributed by atoms with E-state index in [4.69, 9.17) is 11.6 Å². The number of benzene rings is 1. The fourth-order valence-corrected chi connectivity index (χ4v) is 1.60. The number of halogens is 1. The Morgan fingerprint density at radius 3 is 2.62 bits per heavy atom. The van der Waals surface area contributed by atoms with Gasteiger partial charge >= 0.3 is 15.8 Å². The van der Waals surface area contributed by atoms with Crippen molar-refractivity contribution in [2.45, 2.75) is 6.92 Å². The van der Waals surface area contributed by atoms with Crippen LogP contribution in [0.1, 0.15) is 6.92 Å². The number of hydrogen-bond acceptors (Lipinski definition) is 5. The fraction of sp³-hybridized carbons (Fsp3) is 0.250. The smallest absolute Gasteiger partial charge is 0.314 e. The second-order valence-electron chi connectivity index (χ2n) is 2.80. The molecule has 0 aliphatic carbocycles. The van der Waals surface area contributed by atoms with E-state index in [1.54, 1.807) is 0 Å². The molecule has 0 aliphatic rings. The summed E-state index contributed by atoms with van der Waals surface area (Å²) in [6, 6.07) is 3.49. The van der Waals surface area contributed by atoms with Gasteiger partial charge in [-0.2, -0.15) is 8.42 Å². The lowest BCUT2D eigenvalue weighted by molar-refractivity contribution is -0.385. The van der Waals surface area contributed by atoms with E-state index in [-0.39, 0.29) is 16.5 Å². The first-order chi connectivity index (χ1) is 7.35. The lowest BCUT2D eigenvalue weighted by Crippen LogP contribution is -2.12. The summed E-state index contributed by atoms with van der Waals surface area (Å²) in [6.07, 6.45) is 0. The van der Waals surface area contributed by atoms with Crippen molar-refractivity contribution in [3.05, 3.63) is 33.3 Å². The molecule has 1 rings (SSSR count). The Morgan fingerprint density at radius 1 is 1.50 bits per heavy atom. The molecule has 0 bridgehead atoms. The summed E-state index contributed by atoms with van der Waals surface area (Å²) in [4.78, 5) is 9.86. The summed E-state index contributed by atoms with van der Waals surface area (Å²) in [5.41, 5.74) is -0.482. The van der Waals surface area contributed by atoms with Crippen LogP contribution in [-0.2, 0) is 10.1 Å². The summed E-state index contributed by atoms with van der Waals surface area (Å²) in [6.45, 7) is 1.37. The second kappa shape index (κ2) is 4.67. The zero-order chi connectivity index (χ0) is 12.3. The zero-order valence-electron chi connectivity index (χ0n) is 8.21. The molecular formula is C8H8ClNO5S. The van der Waals surface area contributed by atoms with Gasteiger partial charge in [0.15, 0.2) is 0 Å². The van der Waals surface area contributed by atoms with Crippen LogP contribution in [-0.4, -0.2) is 19.1 Å². The molecule has 0 amide bonds. The highest BCUT2D eigenvalue weighted by Crippen LogP contribution is 2.30. The molecule has 0 saturated heterocycles. The minimum atomic E-state index is -3.79. The molecule has 0 spiro atoms. The Labute approximate surface area is 97.1 Å². The van der Waals surface area contributed by atoms with Crippen LogP contribution in [0.2, 0.25) is 5.02 Å². The van der Waals surface area contributed by atoms with Gasteiger partial charge < -0.3 is 4.18 Å². The van der Waals surface area contributed by atoms with E-state index in [0.717, 1.165) is 12.1 Å². The van der Waals surface area contributed by atoms with Gasteiger partial charge in [0.2, 0.25) is 5.75 Å². The third-order valence-electron chi connectivity index (χ3n) is 1.69. The topological polar surface area (TPSA) is 86.5 Å². The van der Waals surface area contributed by atoms with E-state index in [1.165, 1.54) is 13.0 Å². The largest absolute Gasteiger partial charge is 0.375 e. The summed E-state index contributed by atoms with van der Waals surface area (Å²) in [7, 11) is -3.79. The summed E-state index contributed by atoms with van der Waals surface area (Å²) in [5.74, 6) is -0.608. The Morgan fingerprint density at radius 2 is 2.12 bits per heavy atom. The van der Waals surface area contributed by atoms with Crippen LogP contribution in [0.5, 0.6) is 5.75 Å². The predicted molar refractivity (Wildman–Crippen MR) is 58.2 cm³/mol. The Kier molecular flexibility index (Phi) is 3.71. The minimum Gasteiger partial charge on any atom is -0.375 e. The zero-order valence-corrected chi connectivity index (χ0v) is 9.79. The number of hydrogen-bond donors (Lipinski definition) is 0. The maximum atomic E-state index is 11.2. The molecule has 0 heterocycles. The normalized spacial score (nSPS) is 11.1. The summed E-state index contributed by atoms with van der Waals surface area (Å²) < 4.78 is 26.9. The van der Waals surface area contributed by atoms with Crippen LogP contribution >= 0.6 is 11.6 Å². The van der Waals surface area contributed by atoms with Crippen LogP contribution < -0.4 is 4.18 Å². The van der Waals surface area contributed by atoms with Crippen LogP contribution in [0.15, 0.2) is 18.2 Å². The van der Waals surface area contributed by atoms with E-state index >= 15 is 0 Å². The van der Waals surface area contributed by atoms with Crippen molar-refractivity contribution in [2.75, 3.05) is 5.75 Å². The molecule has 1 aromatic carbocycles. The van der Waals surface area contributed by atoms with Gasteiger partial charge in [-0.05, 0) is 19.1 Å². The molecule has 0 aromatic heterocycles. The van der Waals surface area contributed by atoms with Crippen LogP contribution in [0, 0.1) is 10.1 Å². The van der Waals surface area contributed by atoms with E-state index in [2.05, 4.69) is 4.18 Å². The van der Waals surface area contributed by atoms with Crippen molar-refractivity contribution >= 4 is 27.4 Å². The van der Waals surface area contributed by atoms with Gasteiger partial charge in [0.25, 0.3) is 0 Å². The lowest BCUT2D eigenvalue weighted by atomic mass is 10.3. The molecule has 16 heavy (non-hydrogen) atoms. The highest BCUT2D eigenvalue weighted by atomic mass is 35.5. The molecule has 0 N–H and O–H groups in total. The van der Waals surface area contributed by atoms with Crippen LogP contribution in [0.4, 0.5) is 5.69 Å². The van der Waals surface area contributed by atoms with E-state index in [9.17, 15) is 18.5 Å². The maximum absolute atomic E-state index is 11.2. The highest BCUT2D eigenvalue weighted by molar-refractivity contribution is 7.87. The molecule has 88 valence electrons. The van der Waals surface area contributed by atoms with Gasteiger partial charge in [-0.1, -0.05) is 11.6 Å². The van der Waals surface area contributed by atoms with Gasteiger partial charge in [-0.15, -0.1) is 0 Å². The molecule has 1 aromatic rings. The van der Waals surface area contributed by atoms with Gasteiger partial charge in [0.1, 0.15) is 0 Å². The van der Waals surface area contributed by atoms with Crippen molar-refractivity contribution < 1.29 is 17.5 Å². The first-order valence-electron chi connectivity index (χ1n) is 4.22. The Bertz CT molecular complexity index is 513. The summed E-state index contributed by atoms with van der Waals surface area (Å²) in [5, 5.41) is 10.8. The average molecular weight is 266 g/mol. The molecule has 0 atom stereocenters. The van der Waals surface area contributed by atoms with Gasteiger partial charge in [-0.25, -0.2) is 0 Å². The van der Waals surface area contributed by atoms with Crippen LogP contribution in [0.25, 0.3) is 0 Å². The number of rotatable bonds is 4. The first-order valence-corrected chi connectivity index (χ1v) is 6.17. The van der Waals surface area contributed by atoms with E-state index in [0.29, 0.717) is 0 Å². The van der Waals surface area contributed by atoms with Crippen molar-refractivity contribution in [1.82, 2.24) is 0 Å². The second-order valence-corrected chi connectivity index (χ2v) is 5.09. The average Bonchev–Trinajstić information content (AvgIpc) is 2.20. The number of nitro groups is 1. The molecule has 0 unspecified atom stereocenters. The number of nitrogens with zero attached hydrogens (tertiary/aromatic N) is 1. The first kappa shape index (κ1) is 12.7. The summed E-state index contributed by atoms with van der Waals surface area (Å²) >= 11 is 5.56. The molecule has 0 fully saturated rings. The minimum absolute atomic E-state index is 0.132. The lowest BCUT2D eigenvalue weighted by Gasteiger charge is -2.05. The van der Waals surface area contributed by atoms with Gasteiger partial charge in [-0.3, -0.25) is 10.1 Å². The molecule has 6 nitrogen and oxygen atoms in total. The van der Waals surface area contributed by atoms with Crippen molar-refractivity contribution in [3.63, 3.8) is 0 Å². The molecular weight excluding hydrogens is 258 g/mol. The van der Waals surface area contributed by atoms with Crippen molar-refractivity contribution in [2.24, 2.45) is 0 Å². The number of nitro benzene ring substituents is 1. The van der Waals surface area contributed by atoms with Gasteiger partial charge in [0, 0.05) is 11.1 Å². The molecule has 0 radical (unpaired) electrons. The predicted octanol–water partition coefficient (Wildman–Crippen LogP) is 1.98. The fourth-order valence-electron chi connectivity index (χ4n) is 0.899. The maximum Gasteiger partial charge on any atom is 0.314 e. The third kappa shape index (κ3) is 3.07. The van der Waals surface area contributed by atoms with E-state index < -0.39 is 20.7 Å². The Hall–Kier alpha value is -1.34. The third-order valence-corrected chi connectivity index (χ3v) is 3.06. The Balaban J connectivity index is 3.19.